The summed E-state index contributed by atoms with van der Waals surface area (Å²) in [6, 6.07) is 1.37. The minimum absolute atomic E-state index is 0.445. The first-order chi connectivity index (χ1) is 4.31. The zero-order valence-electron chi connectivity index (χ0n) is 6.59. The lowest BCUT2D eigenvalue weighted by atomic mass is 10.5. The van der Waals surface area contributed by atoms with Crippen LogP contribution in [-0.4, -0.2) is 8.80 Å². The van der Waals surface area contributed by atoms with Crippen molar-refractivity contribution in [2.24, 2.45) is 0 Å². The highest BCUT2D eigenvalue weighted by Gasteiger charge is 1.89. The summed E-state index contributed by atoms with van der Waals surface area (Å²) in [5.41, 5.74) is 2.36. The summed E-state index contributed by atoms with van der Waals surface area (Å²) in [6.07, 6.45) is 6.33. The average molecular weight is 140 g/mol. The molecule has 0 aromatic carbocycles. The summed E-state index contributed by atoms with van der Waals surface area (Å²) in [5.74, 6) is 0. The molecule has 0 aromatic heterocycles. The van der Waals surface area contributed by atoms with E-state index in [1.165, 1.54) is 6.04 Å². The molecule has 0 radical (unpaired) electrons. The normalized spacial score (nSPS) is 15.4. The lowest BCUT2D eigenvalue weighted by molar-refractivity contribution is 1.43. The van der Waals surface area contributed by atoms with E-state index in [0.29, 0.717) is 0 Å². The van der Waals surface area contributed by atoms with Crippen molar-refractivity contribution in [1.82, 2.24) is 0 Å². The maximum atomic E-state index is 2.36. The van der Waals surface area contributed by atoms with E-state index >= 15 is 0 Å². The first kappa shape index (κ1) is 8.70. The molecular formula is C8H16Si. The van der Waals surface area contributed by atoms with Gasteiger partial charge in [-0.25, -0.2) is 0 Å². The van der Waals surface area contributed by atoms with Crippen molar-refractivity contribution in [2.75, 3.05) is 0 Å². The second kappa shape index (κ2) is 5.83. The van der Waals surface area contributed by atoms with Gasteiger partial charge in [-0.05, 0) is 6.92 Å². The van der Waals surface area contributed by atoms with E-state index in [1.54, 1.807) is 0 Å². The summed E-state index contributed by atoms with van der Waals surface area (Å²) < 4.78 is 0. The highest BCUT2D eigenvalue weighted by molar-refractivity contribution is 6.62. The standard InChI is InChI=1S/C8H16Si/c1-4-6-7-8-9(3)5-2/h4,6-9H,5H2,1-3H3. The molecule has 0 saturated heterocycles. The molecule has 0 aliphatic carbocycles. The van der Waals surface area contributed by atoms with Gasteiger partial charge in [0.2, 0.25) is 0 Å². The van der Waals surface area contributed by atoms with Crippen molar-refractivity contribution in [2.45, 2.75) is 26.4 Å². The fourth-order valence-electron chi connectivity index (χ4n) is 0.501. The summed E-state index contributed by atoms with van der Waals surface area (Å²) >= 11 is 0. The summed E-state index contributed by atoms with van der Waals surface area (Å²) in [5, 5.41) is 0. The Morgan fingerprint density at radius 3 is 2.44 bits per heavy atom. The zero-order valence-corrected chi connectivity index (χ0v) is 7.75. The number of hydrogen-bond acceptors (Lipinski definition) is 0. The van der Waals surface area contributed by atoms with Crippen LogP contribution in [0.15, 0.2) is 23.9 Å². The third kappa shape index (κ3) is 5.57. The molecular weight excluding hydrogens is 124 g/mol. The van der Waals surface area contributed by atoms with E-state index in [0.717, 1.165) is 0 Å². The second-order valence-electron chi connectivity index (χ2n) is 2.30. The Kier molecular flexibility index (Phi) is 5.63. The molecule has 9 heavy (non-hydrogen) atoms. The first-order valence-electron chi connectivity index (χ1n) is 3.60. The van der Waals surface area contributed by atoms with Crippen LogP contribution in [-0.2, 0) is 0 Å². The highest BCUT2D eigenvalue weighted by atomic mass is 28.3. The molecule has 52 valence electrons. The molecule has 1 unspecified atom stereocenters. The second-order valence-corrected chi connectivity index (χ2v) is 5.45. The maximum Gasteiger partial charge on any atom is 0.0581 e. The molecule has 0 fully saturated rings. The third-order valence-corrected chi connectivity index (χ3v) is 3.55. The smallest absolute Gasteiger partial charge is 0.0581 e. The molecule has 0 spiro atoms. The maximum absolute atomic E-state index is 2.36. The molecule has 0 N–H and O–H groups in total. The molecule has 0 aliphatic heterocycles. The van der Waals surface area contributed by atoms with Crippen molar-refractivity contribution >= 4 is 8.80 Å². The fourth-order valence-corrected chi connectivity index (χ4v) is 1.28. The fraction of sp³-hybridized carbons (Fsp3) is 0.500. The Morgan fingerprint density at radius 2 is 2.00 bits per heavy atom. The SMILES string of the molecule is CC=CC=C[SiH](C)CC. The minimum Gasteiger partial charge on any atom is -0.0979 e. The Morgan fingerprint density at radius 1 is 1.33 bits per heavy atom. The molecule has 0 aromatic rings. The van der Waals surface area contributed by atoms with Crippen LogP contribution in [0.25, 0.3) is 0 Å². The van der Waals surface area contributed by atoms with Crippen molar-refractivity contribution in [3.63, 3.8) is 0 Å². The van der Waals surface area contributed by atoms with Gasteiger partial charge < -0.3 is 0 Å². The van der Waals surface area contributed by atoms with Crippen LogP contribution in [0.1, 0.15) is 13.8 Å². The van der Waals surface area contributed by atoms with Crippen LogP contribution in [0.5, 0.6) is 0 Å². The lowest BCUT2D eigenvalue weighted by Gasteiger charge is -1.93. The Balaban J connectivity index is 3.43. The monoisotopic (exact) mass is 140 g/mol. The Hall–Kier alpha value is -0.303. The van der Waals surface area contributed by atoms with Crippen LogP contribution in [0.3, 0.4) is 0 Å². The van der Waals surface area contributed by atoms with Crippen LogP contribution in [0, 0.1) is 0 Å². The van der Waals surface area contributed by atoms with Crippen LogP contribution in [0.2, 0.25) is 12.6 Å². The van der Waals surface area contributed by atoms with Crippen LogP contribution in [0.4, 0.5) is 0 Å². The molecule has 0 nitrogen and oxygen atoms in total. The van der Waals surface area contributed by atoms with Gasteiger partial charge in [0.15, 0.2) is 0 Å². The van der Waals surface area contributed by atoms with E-state index in [9.17, 15) is 0 Å². The lowest BCUT2D eigenvalue weighted by Crippen LogP contribution is -1.97. The molecule has 0 saturated carbocycles. The molecule has 0 amide bonds. The van der Waals surface area contributed by atoms with Gasteiger partial charge in [-0.3, -0.25) is 0 Å². The summed E-state index contributed by atoms with van der Waals surface area (Å²) in [6.45, 7) is 6.67. The zero-order chi connectivity index (χ0) is 7.11. The van der Waals surface area contributed by atoms with Gasteiger partial charge in [0.25, 0.3) is 0 Å². The van der Waals surface area contributed by atoms with Crippen LogP contribution < -0.4 is 0 Å². The highest BCUT2D eigenvalue weighted by Crippen LogP contribution is 1.91. The number of hydrogen-bond donors (Lipinski definition) is 0. The third-order valence-electron chi connectivity index (χ3n) is 1.39. The average Bonchev–Trinajstić information content (AvgIpc) is 1.89. The van der Waals surface area contributed by atoms with Crippen molar-refractivity contribution in [3.05, 3.63) is 23.9 Å². The quantitative estimate of drug-likeness (QED) is 0.417. The van der Waals surface area contributed by atoms with Gasteiger partial charge in [-0.15, -0.1) is 0 Å². The Labute approximate surface area is 59.9 Å². The van der Waals surface area contributed by atoms with Gasteiger partial charge in [-0.2, -0.15) is 0 Å². The number of allylic oxidation sites excluding steroid dienone is 3. The molecule has 0 heterocycles. The van der Waals surface area contributed by atoms with Crippen molar-refractivity contribution in [1.29, 1.82) is 0 Å². The van der Waals surface area contributed by atoms with Gasteiger partial charge in [0.1, 0.15) is 0 Å². The Bertz CT molecular complexity index is 103. The predicted octanol–water partition coefficient (Wildman–Crippen LogP) is 2.53. The molecule has 0 rings (SSSR count). The van der Waals surface area contributed by atoms with E-state index in [-0.39, 0.29) is 0 Å². The van der Waals surface area contributed by atoms with E-state index < -0.39 is 8.80 Å². The topological polar surface area (TPSA) is 0 Å². The van der Waals surface area contributed by atoms with Gasteiger partial charge in [-0.1, -0.05) is 43.4 Å². The molecule has 0 bridgehead atoms. The van der Waals surface area contributed by atoms with Crippen LogP contribution >= 0.6 is 0 Å². The van der Waals surface area contributed by atoms with Crippen molar-refractivity contribution < 1.29 is 0 Å². The first-order valence-corrected chi connectivity index (χ1v) is 6.24. The molecule has 1 heteroatoms. The minimum atomic E-state index is -0.445. The van der Waals surface area contributed by atoms with E-state index in [2.05, 4.69) is 37.4 Å². The van der Waals surface area contributed by atoms with E-state index in [4.69, 9.17) is 0 Å². The summed E-state index contributed by atoms with van der Waals surface area (Å²) in [7, 11) is -0.445. The predicted molar refractivity (Wildman–Crippen MR) is 47.4 cm³/mol. The van der Waals surface area contributed by atoms with Gasteiger partial charge in [0, 0.05) is 0 Å². The number of rotatable bonds is 3. The van der Waals surface area contributed by atoms with E-state index in [1.807, 2.05) is 6.92 Å². The van der Waals surface area contributed by atoms with Gasteiger partial charge >= 0.3 is 0 Å². The summed E-state index contributed by atoms with van der Waals surface area (Å²) in [4.78, 5) is 0. The molecule has 0 aliphatic rings. The molecule has 1 atom stereocenters. The largest absolute Gasteiger partial charge is 0.0979 e. The van der Waals surface area contributed by atoms with Crippen molar-refractivity contribution in [3.8, 4) is 0 Å². The van der Waals surface area contributed by atoms with Gasteiger partial charge in [0.05, 0.1) is 8.80 Å².